The highest BCUT2D eigenvalue weighted by atomic mass is 32.2. The summed E-state index contributed by atoms with van der Waals surface area (Å²) in [6.07, 6.45) is 1.31. The van der Waals surface area contributed by atoms with Crippen molar-refractivity contribution in [3.05, 3.63) is 35.4 Å². The Bertz CT molecular complexity index is 523. The van der Waals surface area contributed by atoms with Crippen LogP contribution in [0.25, 0.3) is 0 Å². The number of carbonyl (C=O) groups excluding carboxylic acids is 1. The van der Waals surface area contributed by atoms with Gasteiger partial charge in [-0.25, -0.2) is 8.42 Å². The first-order chi connectivity index (χ1) is 9.00. The largest absolute Gasteiger partial charge is 0.330 e. The Morgan fingerprint density at radius 3 is 2.58 bits per heavy atom. The number of nitrogens with two attached hydrogens (primary N) is 1. The molecule has 0 saturated carbocycles. The molecule has 0 saturated heterocycles. The van der Waals surface area contributed by atoms with Crippen molar-refractivity contribution in [1.29, 1.82) is 0 Å². The molecule has 0 atom stereocenters. The van der Waals surface area contributed by atoms with Gasteiger partial charge in [0.2, 0.25) is 0 Å². The third-order valence-electron chi connectivity index (χ3n) is 3.03. The maximum Gasteiger partial charge on any atom is 0.163 e. The number of carbonyl (C=O) groups is 1. The highest BCUT2D eigenvalue weighted by Crippen LogP contribution is 2.13. The second-order valence-electron chi connectivity index (χ2n) is 4.46. The fraction of sp³-hybridized carbons (Fsp3) is 0.500. The normalized spacial score (nSPS) is 11.5. The van der Waals surface area contributed by atoms with Crippen molar-refractivity contribution in [2.24, 2.45) is 5.73 Å². The Balaban J connectivity index is 2.64. The molecule has 1 aromatic rings. The van der Waals surface area contributed by atoms with Crippen LogP contribution in [0.2, 0.25) is 0 Å². The summed E-state index contributed by atoms with van der Waals surface area (Å²) in [5, 5.41) is 0. The van der Waals surface area contributed by atoms with E-state index in [1.165, 1.54) is 0 Å². The molecule has 0 heterocycles. The third-order valence-corrected chi connectivity index (χ3v) is 4.82. The average Bonchev–Trinajstić information content (AvgIpc) is 2.39. The molecule has 1 rings (SSSR count). The standard InChI is InChI=1S/C14H21NO3S/c1-2-19(17,18)11-5-8-14(16)13-7-4-3-6-12(13)9-10-15/h3-4,6-7H,2,5,8-11,15H2,1H3. The lowest BCUT2D eigenvalue weighted by Gasteiger charge is -2.07. The zero-order valence-corrected chi connectivity index (χ0v) is 12.1. The molecule has 5 heteroatoms. The van der Waals surface area contributed by atoms with Crippen molar-refractivity contribution in [1.82, 2.24) is 0 Å². The van der Waals surface area contributed by atoms with Gasteiger partial charge in [0, 0.05) is 17.7 Å². The molecule has 0 fully saturated rings. The molecule has 0 spiro atoms. The zero-order chi connectivity index (χ0) is 14.3. The summed E-state index contributed by atoms with van der Waals surface area (Å²) >= 11 is 0. The number of sulfone groups is 1. The lowest BCUT2D eigenvalue weighted by Crippen LogP contribution is -2.12. The van der Waals surface area contributed by atoms with E-state index in [-0.39, 0.29) is 23.7 Å². The van der Waals surface area contributed by atoms with Gasteiger partial charge in [0.1, 0.15) is 9.84 Å². The van der Waals surface area contributed by atoms with Gasteiger partial charge in [0.15, 0.2) is 5.78 Å². The lowest BCUT2D eigenvalue weighted by molar-refractivity contribution is 0.0981. The van der Waals surface area contributed by atoms with Crippen molar-refractivity contribution >= 4 is 15.6 Å². The van der Waals surface area contributed by atoms with E-state index >= 15 is 0 Å². The summed E-state index contributed by atoms with van der Waals surface area (Å²) in [5.74, 6) is 0.203. The van der Waals surface area contributed by atoms with Crippen LogP contribution in [0, 0.1) is 0 Å². The molecule has 2 N–H and O–H groups in total. The monoisotopic (exact) mass is 283 g/mol. The molecule has 19 heavy (non-hydrogen) atoms. The first-order valence-corrected chi connectivity index (χ1v) is 8.34. The van der Waals surface area contributed by atoms with Crippen molar-refractivity contribution < 1.29 is 13.2 Å². The topological polar surface area (TPSA) is 77.2 Å². The van der Waals surface area contributed by atoms with E-state index in [9.17, 15) is 13.2 Å². The van der Waals surface area contributed by atoms with Gasteiger partial charge in [-0.1, -0.05) is 31.2 Å². The minimum Gasteiger partial charge on any atom is -0.330 e. The van der Waals surface area contributed by atoms with E-state index in [4.69, 9.17) is 5.73 Å². The second-order valence-corrected chi connectivity index (χ2v) is 6.93. The fourth-order valence-electron chi connectivity index (χ4n) is 1.90. The van der Waals surface area contributed by atoms with Gasteiger partial charge >= 0.3 is 0 Å². The molecule has 0 unspecified atom stereocenters. The number of ketones is 1. The molecular formula is C14H21NO3S. The minimum atomic E-state index is -2.99. The van der Waals surface area contributed by atoms with Gasteiger partial charge in [-0.3, -0.25) is 4.79 Å². The Morgan fingerprint density at radius 2 is 1.95 bits per heavy atom. The van der Waals surface area contributed by atoms with Crippen molar-refractivity contribution in [3.63, 3.8) is 0 Å². The van der Waals surface area contributed by atoms with Gasteiger partial charge in [0.05, 0.1) is 5.75 Å². The predicted octanol–water partition coefficient (Wildman–Crippen LogP) is 1.59. The van der Waals surface area contributed by atoms with Gasteiger partial charge < -0.3 is 5.73 Å². The highest BCUT2D eigenvalue weighted by molar-refractivity contribution is 7.91. The maximum atomic E-state index is 12.1. The van der Waals surface area contributed by atoms with Crippen LogP contribution in [0.3, 0.4) is 0 Å². The first-order valence-electron chi connectivity index (χ1n) is 6.51. The molecule has 0 aliphatic heterocycles. The Kier molecular flexibility index (Phi) is 6.18. The number of rotatable bonds is 8. The van der Waals surface area contributed by atoms with Crippen molar-refractivity contribution in [3.8, 4) is 0 Å². The van der Waals surface area contributed by atoms with Crippen LogP contribution >= 0.6 is 0 Å². The van der Waals surface area contributed by atoms with E-state index in [0.29, 0.717) is 24.9 Å². The van der Waals surface area contributed by atoms with Crippen LogP contribution in [-0.2, 0) is 16.3 Å². The second kappa shape index (κ2) is 7.40. The summed E-state index contributed by atoms with van der Waals surface area (Å²) in [7, 11) is -2.99. The summed E-state index contributed by atoms with van der Waals surface area (Å²) in [6.45, 7) is 2.11. The highest BCUT2D eigenvalue weighted by Gasteiger charge is 2.13. The molecule has 4 nitrogen and oxygen atoms in total. The quantitative estimate of drug-likeness (QED) is 0.735. The van der Waals surface area contributed by atoms with Gasteiger partial charge in [-0.15, -0.1) is 0 Å². The molecule has 0 aromatic heterocycles. The smallest absolute Gasteiger partial charge is 0.163 e. The van der Waals surface area contributed by atoms with E-state index < -0.39 is 9.84 Å². The van der Waals surface area contributed by atoms with Crippen LogP contribution in [-0.4, -0.2) is 32.3 Å². The van der Waals surface area contributed by atoms with E-state index in [1.54, 1.807) is 13.0 Å². The van der Waals surface area contributed by atoms with Crippen LogP contribution in [0.15, 0.2) is 24.3 Å². The molecule has 0 bridgehead atoms. The Morgan fingerprint density at radius 1 is 1.26 bits per heavy atom. The van der Waals surface area contributed by atoms with Crippen LogP contribution in [0.1, 0.15) is 35.7 Å². The molecular weight excluding hydrogens is 262 g/mol. The van der Waals surface area contributed by atoms with E-state index in [2.05, 4.69) is 0 Å². The molecule has 0 aliphatic rings. The molecule has 0 radical (unpaired) electrons. The van der Waals surface area contributed by atoms with E-state index in [0.717, 1.165) is 5.56 Å². The lowest BCUT2D eigenvalue weighted by atomic mass is 9.99. The number of hydrogen-bond donors (Lipinski definition) is 1. The van der Waals surface area contributed by atoms with Gasteiger partial charge in [-0.2, -0.15) is 0 Å². The van der Waals surface area contributed by atoms with Gasteiger partial charge in [-0.05, 0) is 24.9 Å². The SMILES string of the molecule is CCS(=O)(=O)CCCC(=O)c1ccccc1CCN. The van der Waals surface area contributed by atoms with E-state index in [1.807, 2.05) is 18.2 Å². The van der Waals surface area contributed by atoms with Gasteiger partial charge in [0.25, 0.3) is 0 Å². The number of hydrogen-bond acceptors (Lipinski definition) is 4. The van der Waals surface area contributed by atoms with Crippen LogP contribution < -0.4 is 5.73 Å². The summed E-state index contributed by atoms with van der Waals surface area (Å²) in [6, 6.07) is 7.36. The minimum absolute atomic E-state index is 0.00430. The number of benzene rings is 1. The van der Waals surface area contributed by atoms with Crippen LogP contribution in [0.4, 0.5) is 0 Å². The zero-order valence-electron chi connectivity index (χ0n) is 11.3. The molecule has 106 valence electrons. The number of Topliss-reactive ketones (excluding diaryl/α,β-unsaturated/α-hetero) is 1. The molecule has 0 aliphatic carbocycles. The summed E-state index contributed by atoms with van der Waals surface area (Å²) in [5.41, 5.74) is 7.12. The van der Waals surface area contributed by atoms with Crippen molar-refractivity contribution in [2.45, 2.75) is 26.2 Å². The van der Waals surface area contributed by atoms with Crippen LogP contribution in [0.5, 0.6) is 0 Å². The third kappa shape index (κ3) is 5.12. The summed E-state index contributed by atoms with van der Waals surface area (Å²) < 4.78 is 22.7. The molecule has 0 amide bonds. The predicted molar refractivity (Wildman–Crippen MR) is 77.1 cm³/mol. The maximum absolute atomic E-state index is 12.1. The fourth-order valence-corrected chi connectivity index (χ4v) is 2.77. The average molecular weight is 283 g/mol. The summed E-state index contributed by atoms with van der Waals surface area (Å²) in [4.78, 5) is 12.1. The Labute approximate surface area is 114 Å². The first kappa shape index (κ1) is 15.9. The molecule has 1 aromatic carbocycles. The van der Waals surface area contributed by atoms with Crippen molar-refractivity contribution in [2.75, 3.05) is 18.1 Å². The Hall–Kier alpha value is -1.20.